The van der Waals surface area contributed by atoms with E-state index in [4.69, 9.17) is 9.47 Å². The molecule has 3 rings (SSSR count). The molecule has 1 aromatic rings. The molecule has 1 aromatic carbocycles. The molecule has 0 saturated carbocycles. The molecule has 11 heteroatoms. The van der Waals surface area contributed by atoms with Crippen molar-refractivity contribution in [2.24, 2.45) is 5.41 Å². The van der Waals surface area contributed by atoms with Gasteiger partial charge in [0.05, 0.1) is 12.1 Å². The summed E-state index contributed by atoms with van der Waals surface area (Å²) in [5.74, 6) is -2.51. The minimum absolute atomic E-state index is 0.0222. The Kier molecular flexibility index (Phi) is 8.82. The van der Waals surface area contributed by atoms with Crippen LogP contribution in [0.1, 0.15) is 54.9 Å². The highest BCUT2D eigenvalue weighted by atomic mass is 19.2. The van der Waals surface area contributed by atoms with Crippen molar-refractivity contribution in [2.45, 2.75) is 84.7 Å². The molecule has 0 aliphatic carbocycles. The van der Waals surface area contributed by atoms with E-state index in [1.54, 1.807) is 38.8 Å². The number of rotatable bonds is 7. The van der Waals surface area contributed by atoms with Crippen LogP contribution < -0.4 is 15.4 Å². The molecule has 1 saturated heterocycles. The van der Waals surface area contributed by atoms with E-state index < -0.39 is 46.7 Å². The number of hydrogen-bond donors (Lipinski definition) is 2. The number of benzene rings is 1. The summed E-state index contributed by atoms with van der Waals surface area (Å²) >= 11 is 0. The average molecular weight is 551 g/mol. The van der Waals surface area contributed by atoms with Crippen LogP contribution in [0.3, 0.4) is 0 Å². The lowest BCUT2D eigenvalue weighted by molar-refractivity contribution is -0.140. The molecule has 39 heavy (non-hydrogen) atoms. The molecule has 0 aromatic heterocycles. The van der Waals surface area contributed by atoms with Crippen LogP contribution in [-0.4, -0.2) is 77.7 Å². The third-order valence-electron chi connectivity index (χ3n) is 6.88. The normalized spacial score (nSPS) is 20.4. The van der Waals surface area contributed by atoms with Crippen LogP contribution in [0.25, 0.3) is 0 Å². The van der Waals surface area contributed by atoms with E-state index in [1.165, 1.54) is 18.0 Å². The standard InChI is InChI=1S/C28H40F2N4O5/c1-16(33(8)26(37)39-28(5,6)7)24(35)32-23(27(2,3)4)25(36)34-12-11-21-22(34)17(14-31-21)15-38-18-9-10-19(29)20(30)13-18/h9-10,13-14,16,21-23,31H,11-12,15H2,1-8H3,(H,32,35). The van der Waals surface area contributed by atoms with Gasteiger partial charge < -0.3 is 25.0 Å². The van der Waals surface area contributed by atoms with Gasteiger partial charge in [0.2, 0.25) is 11.8 Å². The number of nitrogens with one attached hydrogen (secondary N) is 2. The number of ether oxygens (including phenoxy) is 2. The molecule has 3 amide bonds. The molecule has 2 N–H and O–H groups in total. The highest BCUT2D eigenvalue weighted by molar-refractivity contribution is 5.92. The van der Waals surface area contributed by atoms with Crippen molar-refractivity contribution in [2.75, 3.05) is 20.2 Å². The van der Waals surface area contributed by atoms with Crippen LogP contribution in [0, 0.1) is 17.0 Å². The lowest BCUT2D eigenvalue weighted by Crippen LogP contribution is -2.59. The van der Waals surface area contributed by atoms with Crippen molar-refractivity contribution in [1.82, 2.24) is 20.4 Å². The third-order valence-corrected chi connectivity index (χ3v) is 6.88. The predicted molar refractivity (Wildman–Crippen MR) is 142 cm³/mol. The Hall–Kier alpha value is -3.37. The minimum atomic E-state index is -1.00. The van der Waals surface area contributed by atoms with E-state index in [9.17, 15) is 23.2 Å². The number of hydrogen-bond acceptors (Lipinski definition) is 6. The highest BCUT2D eigenvalue weighted by Gasteiger charge is 2.46. The molecule has 2 heterocycles. The van der Waals surface area contributed by atoms with Gasteiger partial charge in [-0.05, 0) is 51.7 Å². The first-order chi connectivity index (χ1) is 18.0. The van der Waals surface area contributed by atoms with Crippen molar-refractivity contribution in [3.8, 4) is 5.75 Å². The number of nitrogens with zero attached hydrogens (tertiary/aromatic N) is 2. The smallest absolute Gasteiger partial charge is 0.410 e. The second-order valence-corrected chi connectivity index (χ2v) is 12.2. The van der Waals surface area contributed by atoms with Crippen LogP contribution in [0.15, 0.2) is 30.0 Å². The molecule has 0 spiro atoms. The van der Waals surface area contributed by atoms with Crippen molar-refractivity contribution in [3.05, 3.63) is 41.6 Å². The summed E-state index contributed by atoms with van der Waals surface area (Å²) in [6.07, 6.45) is 1.85. The maximum absolute atomic E-state index is 13.9. The first-order valence-corrected chi connectivity index (χ1v) is 13.1. The SMILES string of the molecule is CC(C(=O)NC(C(=O)N1CCC2NC=C(COc3ccc(F)c(F)c3)C21)C(C)(C)C)N(C)C(=O)OC(C)(C)C. The van der Waals surface area contributed by atoms with E-state index in [2.05, 4.69) is 10.6 Å². The molecule has 4 unspecified atom stereocenters. The lowest BCUT2D eigenvalue weighted by atomic mass is 9.85. The van der Waals surface area contributed by atoms with Gasteiger partial charge in [-0.3, -0.25) is 14.5 Å². The van der Waals surface area contributed by atoms with Gasteiger partial charge in [0.1, 0.15) is 30.0 Å². The molecule has 1 fully saturated rings. The molecule has 216 valence electrons. The number of fused-ring (bicyclic) bond motifs is 1. The summed E-state index contributed by atoms with van der Waals surface area (Å²) in [5.41, 5.74) is -0.562. The van der Waals surface area contributed by atoms with Gasteiger partial charge in [0.25, 0.3) is 0 Å². The van der Waals surface area contributed by atoms with Gasteiger partial charge in [0, 0.05) is 31.4 Å². The lowest BCUT2D eigenvalue weighted by Gasteiger charge is -2.37. The van der Waals surface area contributed by atoms with Crippen LogP contribution in [0.4, 0.5) is 13.6 Å². The maximum Gasteiger partial charge on any atom is 0.410 e. The fourth-order valence-electron chi connectivity index (χ4n) is 4.58. The van der Waals surface area contributed by atoms with Crippen LogP contribution in [-0.2, 0) is 14.3 Å². The van der Waals surface area contributed by atoms with Gasteiger partial charge >= 0.3 is 6.09 Å². The van der Waals surface area contributed by atoms with E-state index in [0.29, 0.717) is 13.0 Å². The Balaban J connectivity index is 1.71. The fraction of sp³-hybridized carbons (Fsp3) is 0.607. The molecule has 2 aliphatic rings. The Bertz CT molecular complexity index is 1130. The summed E-state index contributed by atoms with van der Waals surface area (Å²) in [7, 11) is 1.48. The summed E-state index contributed by atoms with van der Waals surface area (Å²) in [4.78, 5) is 42.5. The summed E-state index contributed by atoms with van der Waals surface area (Å²) < 4.78 is 37.9. The molecule has 4 atom stereocenters. The maximum atomic E-state index is 13.9. The Morgan fingerprint density at radius 1 is 1.15 bits per heavy atom. The van der Waals surface area contributed by atoms with Gasteiger partial charge in [0.15, 0.2) is 11.6 Å². The van der Waals surface area contributed by atoms with E-state index in [-0.39, 0.29) is 30.3 Å². The number of carbonyl (C=O) groups is 3. The zero-order valence-electron chi connectivity index (χ0n) is 23.9. The highest BCUT2D eigenvalue weighted by Crippen LogP contribution is 2.32. The van der Waals surface area contributed by atoms with E-state index in [0.717, 1.165) is 17.7 Å². The molecule has 0 bridgehead atoms. The zero-order chi connectivity index (χ0) is 29.3. The Labute approximate surface area is 228 Å². The summed E-state index contributed by atoms with van der Waals surface area (Å²) in [6, 6.07) is 1.24. The predicted octanol–water partition coefficient (Wildman–Crippen LogP) is 3.59. The quantitative estimate of drug-likeness (QED) is 0.539. The van der Waals surface area contributed by atoms with Gasteiger partial charge in [-0.15, -0.1) is 0 Å². The molecular weight excluding hydrogens is 510 g/mol. The van der Waals surface area contributed by atoms with E-state index >= 15 is 0 Å². The van der Waals surface area contributed by atoms with Crippen LogP contribution in [0.2, 0.25) is 0 Å². The minimum Gasteiger partial charge on any atom is -0.489 e. The summed E-state index contributed by atoms with van der Waals surface area (Å²) in [5, 5.41) is 6.15. The van der Waals surface area contributed by atoms with Crippen LogP contribution in [0.5, 0.6) is 5.75 Å². The topological polar surface area (TPSA) is 100 Å². The average Bonchev–Trinajstić information content (AvgIpc) is 3.42. The first-order valence-electron chi connectivity index (χ1n) is 13.1. The molecular formula is C28H40F2N4O5. The monoisotopic (exact) mass is 550 g/mol. The fourth-order valence-corrected chi connectivity index (χ4v) is 4.58. The molecule has 9 nitrogen and oxygen atoms in total. The Morgan fingerprint density at radius 3 is 2.41 bits per heavy atom. The Morgan fingerprint density at radius 2 is 1.82 bits per heavy atom. The number of halogens is 2. The number of likely N-dealkylation sites (N-methyl/N-ethyl adjacent to an activating group) is 1. The molecule has 0 radical (unpaired) electrons. The first kappa shape index (κ1) is 30.2. The van der Waals surface area contributed by atoms with Gasteiger partial charge in [-0.1, -0.05) is 20.8 Å². The van der Waals surface area contributed by atoms with Crippen molar-refractivity contribution in [1.29, 1.82) is 0 Å². The van der Waals surface area contributed by atoms with Crippen molar-refractivity contribution >= 4 is 17.9 Å². The third kappa shape index (κ3) is 7.19. The number of likely N-dealkylation sites (tertiary alicyclic amines) is 1. The second-order valence-electron chi connectivity index (χ2n) is 12.2. The molecule has 2 aliphatic heterocycles. The van der Waals surface area contributed by atoms with Gasteiger partial charge in [-0.25, -0.2) is 13.6 Å². The summed E-state index contributed by atoms with van der Waals surface area (Å²) in [6.45, 7) is 12.9. The second kappa shape index (κ2) is 11.4. The van der Waals surface area contributed by atoms with Crippen LogP contribution >= 0.6 is 0 Å². The van der Waals surface area contributed by atoms with Crippen molar-refractivity contribution in [3.63, 3.8) is 0 Å². The number of amides is 3. The van der Waals surface area contributed by atoms with Gasteiger partial charge in [-0.2, -0.15) is 0 Å². The number of carbonyl (C=O) groups excluding carboxylic acids is 3. The van der Waals surface area contributed by atoms with Crippen molar-refractivity contribution < 1.29 is 32.6 Å². The van der Waals surface area contributed by atoms with E-state index in [1.807, 2.05) is 20.8 Å². The largest absolute Gasteiger partial charge is 0.489 e. The zero-order valence-corrected chi connectivity index (χ0v) is 23.9.